The molecule has 3 heteroatoms. The van der Waals surface area contributed by atoms with Gasteiger partial charge < -0.3 is 10.1 Å². The SMILES string of the molecule is Clc1ccc(NCOCc2ccccc2)cc1. The fourth-order valence-electron chi connectivity index (χ4n) is 1.45. The summed E-state index contributed by atoms with van der Waals surface area (Å²) < 4.78 is 5.51. The Hall–Kier alpha value is -1.51. The molecule has 0 aliphatic carbocycles. The van der Waals surface area contributed by atoms with Crippen LogP contribution in [0.2, 0.25) is 5.02 Å². The van der Waals surface area contributed by atoms with Crippen molar-refractivity contribution in [1.82, 2.24) is 0 Å². The second-order valence-electron chi connectivity index (χ2n) is 3.66. The lowest BCUT2D eigenvalue weighted by atomic mass is 10.2. The smallest absolute Gasteiger partial charge is 0.116 e. The van der Waals surface area contributed by atoms with Crippen molar-refractivity contribution in [2.45, 2.75) is 6.61 Å². The molecular formula is C14H14ClNO. The van der Waals surface area contributed by atoms with Gasteiger partial charge >= 0.3 is 0 Å². The number of benzene rings is 2. The summed E-state index contributed by atoms with van der Waals surface area (Å²) in [7, 11) is 0. The lowest BCUT2D eigenvalue weighted by Gasteiger charge is -2.07. The zero-order valence-corrected chi connectivity index (χ0v) is 10.2. The third kappa shape index (κ3) is 4.10. The molecule has 0 aromatic heterocycles. The molecule has 2 rings (SSSR count). The molecule has 0 aliphatic rings. The quantitative estimate of drug-likeness (QED) is 0.639. The van der Waals surface area contributed by atoms with Gasteiger partial charge in [-0.3, -0.25) is 0 Å². The fraction of sp³-hybridized carbons (Fsp3) is 0.143. The minimum absolute atomic E-state index is 0.483. The predicted molar refractivity (Wildman–Crippen MR) is 71.2 cm³/mol. The molecule has 17 heavy (non-hydrogen) atoms. The number of nitrogens with one attached hydrogen (secondary N) is 1. The van der Waals surface area contributed by atoms with E-state index in [9.17, 15) is 0 Å². The van der Waals surface area contributed by atoms with Crippen LogP contribution in [0.1, 0.15) is 5.56 Å². The van der Waals surface area contributed by atoms with Crippen LogP contribution in [0, 0.1) is 0 Å². The average Bonchev–Trinajstić information content (AvgIpc) is 2.38. The van der Waals surface area contributed by atoms with Crippen molar-refractivity contribution in [3.63, 3.8) is 0 Å². The number of ether oxygens (including phenoxy) is 1. The molecule has 88 valence electrons. The Morgan fingerprint density at radius 1 is 0.941 bits per heavy atom. The van der Waals surface area contributed by atoms with Crippen LogP contribution < -0.4 is 5.32 Å². The number of halogens is 1. The second-order valence-corrected chi connectivity index (χ2v) is 4.10. The Bertz CT molecular complexity index is 442. The monoisotopic (exact) mass is 247 g/mol. The molecule has 0 unspecified atom stereocenters. The Morgan fingerprint density at radius 3 is 2.35 bits per heavy atom. The maximum absolute atomic E-state index is 5.79. The van der Waals surface area contributed by atoms with Crippen molar-refractivity contribution in [1.29, 1.82) is 0 Å². The molecule has 1 N–H and O–H groups in total. The van der Waals surface area contributed by atoms with Gasteiger partial charge in [0.2, 0.25) is 0 Å². The minimum Gasteiger partial charge on any atom is -0.363 e. The highest BCUT2D eigenvalue weighted by Crippen LogP contribution is 2.13. The van der Waals surface area contributed by atoms with E-state index in [4.69, 9.17) is 16.3 Å². The first-order valence-electron chi connectivity index (χ1n) is 5.46. The first kappa shape index (κ1) is 12.0. The predicted octanol–water partition coefficient (Wildman–Crippen LogP) is 3.93. The summed E-state index contributed by atoms with van der Waals surface area (Å²) in [5, 5.41) is 3.90. The van der Waals surface area contributed by atoms with Crippen LogP contribution >= 0.6 is 11.6 Å². The van der Waals surface area contributed by atoms with E-state index in [1.54, 1.807) is 0 Å². The molecule has 0 bridgehead atoms. The molecule has 2 aromatic rings. The molecule has 0 atom stereocenters. The van der Waals surface area contributed by atoms with Gasteiger partial charge in [-0.2, -0.15) is 0 Å². The van der Waals surface area contributed by atoms with Crippen LogP contribution in [-0.4, -0.2) is 6.73 Å². The minimum atomic E-state index is 0.483. The normalized spacial score (nSPS) is 10.2. The van der Waals surface area contributed by atoms with Crippen LogP contribution in [0.4, 0.5) is 5.69 Å². The number of hydrogen-bond donors (Lipinski definition) is 1. The van der Waals surface area contributed by atoms with E-state index in [1.807, 2.05) is 54.6 Å². The van der Waals surface area contributed by atoms with Crippen molar-refractivity contribution >= 4 is 17.3 Å². The topological polar surface area (TPSA) is 21.3 Å². The largest absolute Gasteiger partial charge is 0.363 e. The number of hydrogen-bond acceptors (Lipinski definition) is 2. The molecule has 0 saturated heterocycles. The van der Waals surface area contributed by atoms with Crippen LogP contribution in [-0.2, 0) is 11.3 Å². The maximum atomic E-state index is 5.79. The lowest BCUT2D eigenvalue weighted by Crippen LogP contribution is -2.05. The molecule has 0 fully saturated rings. The van der Waals surface area contributed by atoms with E-state index in [2.05, 4.69) is 5.32 Å². The second kappa shape index (κ2) is 6.28. The molecule has 2 nitrogen and oxygen atoms in total. The van der Waals surface area contributed by atoms with Gasteiger partial charge in [0.05, 0.1) is 6.61 Å². The van der Waals surface area contributed by atoms with Crippen LogP contribution in [0.3, 0.4) is 0 Å². The Kier molecular flexibility index (Phi) is 4.42. The first-order valence-corrected chi connectivity index (χ1v) is 5.83. The highest BCUT2D eigenvalue weighted by atomic mass is 35.5. The van der Waals surface area contributed by atoms with Crippen LogP contribution in [0.25, 0.3) is 0 Å². The van der Waals surface area contributed by atoms with Crippen LogP contribution in [0.15, 0.2) is 54.6 Å². The molecule has 0 saturated carbocycles. The molecule has 0 radical (unpaired) electrons. The molecule has 0 aliphatic heterocycles. The summed E-state index contributed by atoms with van der Waals surface area (Å²) in [6.07, 6.45) is 0. The Balaban J connectivity index is 1.71. The summed E-state index contributed by atoms with van der Waals surface area (Å²) in [4.78, 5) is 0. The van der Waals surface area contributed by atoms with Gasteiger partial charge in [-0.25, -0.2) is 0 Å². The van der Waals surface area contributed by atoms with Gasteiger partial charge in [-0.15, -0.1) is 0 Å². The Labute approximate surface area is 106 Å². The van der Waals surface area contributed by atoms with Gasteiger partial charge in [0.25, 0.3) is 0 Å². The first-order chi connectivity index (χ1) is 8.34. The van der Waals surface area contributed by atoms with E-state index < -0.39 is 0 Å². The van der Waals surface area contributed by atoms with Gasteiger partial charge in [-0.1, -0.05) is 41.9 Å². The van der Waals surface area contributed by atoms with E-state index >= 15 is 0 Å². The molecular weight excluding hydrogens is 234 g/mol. The zero-order valence-electron chi connectivity index (χ0n) is 9.40. The number of anilines is 1. The zero-order chi connectivity index (χ0) is 11.9. The van der Waals surface area contributed by atoms with E-state index in [1.165, 1.54) is 5.56 Å². The highest BCUT2D eigenvalue weighted by Gasteiger charge is 1.93. The summed E-state index contributed by atoms with van der Waals surface area (Å²) in [6.45, 7) is 1.10. The molecule has 0 spiro atoms. The summed E-state index contributed by atoms with van der Waals surface area (Å²) in [5.41, 5.74) is 2.17. The van der Waals surface area contributed by atoms with Crippen LogP contribution in [0.5, 0.6) is 0 Å². The summed E-state index contributed by atoms with van der Waals surface area (Å²) in [6, 6.07) is 17.6. The van der Waals surface area contributed by atoms with Crippen molar-refractivity contribution in [3.8, 4) is 0 Å². The third-order valence-electron chi connectivity index (χ3n) is 2.33. The summed E-state index contributed by atoms with van der Waals surface area (Å²) >= 11 is 5.79. The maximum Gasteiger partial charge on any atom is 0.116 e. The Morgan fingerprint density at radius 2 is 1.65 bits per heavy atom. The van der Waals surface area contributed by atoms with E-state index in [0.717, 1.165) is 10.7 Å². The average molecular weight is 248 g/mol. The lowest BCUT2D eigenvalue weighted by molar-refractivity contribution is 0.138. The number of rotatable bonds is 5. The van der Waals surface area contributed by atoms with Gasteiger partial charge in [0.1, 0.15) is 6.73 Å². The van der Waals surface area contributed by atoms with Gasteiger partial charge in [0, 0.05) is 10.7 Å². The fourth-order valence-corrected chi connectivity index (χ4v) is 1.57. The van der Waals surface area contributed by atoms with Crippen molar-refractivity contribution in [2.75, 3.05) is 12.0 Å². The standard InChI is InChI=1S/C14H14ClNO/c15-13-6-8-14(9-7-13)16-11-17-10-12-4-2-1-3-5-12/h1-9,16H,10-11H2. The highest BCUT2D eigenvalue weighted by molar-refractivity contribution is 6.30. The third-order valence-corrected chi connectivity index (χ3v) is 2.59. The molecule has 0 heterocycles. The summed E-state index contributed by atoms with van der Waals surface area (Å²) in [5.74, 6) is 0. The van der Waals surface area contributed by atoms with E-state index in [-0.39, 0.29) is 0 Å². The van der Waals surface area contributed by atoms with Crippen molar-refractivity contribution in [3.05, 3.63) is 65.2 Å². The molecule has 0 amide bonds. The molecule has 2 aromatic carbocycles. The van der Waals surface area contributed by atoms with Gasteiger partial charge in [0.15, 0.2) is 0 Å². The van der Waals surface area contributed by atoms with E-state index in [0.29, 0.717) is 13.3 Å². The van der Waals surface area contributed by atoms with Crippen molar-refractivity contribution < 1.29 is 4.74 Å². The van der Waals surface area contributed by atoms with Crippen molar-refractivity contribution in [2.24, 2.45) is 0 Å². The van der Waals surface area contributed by atoms with Gasteiger partial charge in [-0.05, 0) is 29.8 Å².